The standard InChI is InChI=1S/C12H22O4/c1-9(2)11(3,10(13)15-4)12(14)5-7-16-8-6-12/h9,14H,5-8H2,1-4H3. The molecule has 1 N–H and O–H groups in total. The van der Waals surface area contributed by atoms with Crippen LogP contribution < -0.4 is 0 Å². The summed E-state index contributed by atoms with van der Waals surface area (Å²) >= 11 is 0. The van der Waals surface area contributed by atoms with E-state index in [1.54, 1.807) is 6.92 Å². The second-order valence-electron chi connectivity index (χ2n) is 4.99. The average Bonchev–Trinajstić information content (AvgIpc) is 2.27. The van der Waals surface area contributed by atoms with E-state index in [4.69, 9.17) is 9.47 Å². The molecule has 0 aromatic rings. The van der Waals surface area contributed by atoms with Gasteiger partial charge >= 0.3 is 5.97 Å². The first-order valence-electron chi connectivity index (χ1n) is 5.77. The minimum atomic E-state index is -1.02. The van der Waals surface area contributed by atoms with Crippen molar-refractivity contribution in [2.45, 2.75) is 39.2 Å². The Morgan fingerprint density at radius 2 is 1.94 bits per heavy atom. The van der Waals surface area contributed by atoms with Gasteiger partial charge in [-0.1, -0.05) is 13.8 Å². The maximum Gasteiger partial charge on any atom is 0.314 e. The van der Waals surface area contributed by atoms with Gasteiger partial charge in [0.1, 0.15) is 0 Å². The van der Waals surface area contributed by atoms with E-state index in [-0.39, 0.29) is 11.9 Å². The molecule has 0 amide bonds. The highest BCUT2D eigenvalue weighted by molar-refractivity contribution is 5.78. The second-order valence-corrected chi connectivity index (χ2v) is 4.99. The molecule has 94 valence electrons. The monoisotopic (exact) mass is 230 g/mol. The maximum absolute atomic E-state index is 12.0. The average molecular weight is 230 g/mol. The molecule has 0 aromatic heterocycles. The number of methoxy groups -OCH3 is 1. The molecular formula is C12H22O4. The normalized spacial score (nSPS) is 23.9. The Kier molecular flexibility index (Phi) is 3.97. The number of hydrogen-bond donors (Lipinski definition) is 1. The smallest absolute Gasteiger partial charge is 0.314 e. The van der Waals surface area contributed by atoms with Crippen LogP contribution in [0.5, 0.6) is 0 Å². The zero-order valence-electron chi connectivity index (χ0n) is 10.6. The quantitative estimate of drug-likeness (QED) is 0.744. The van der Waals surface area contributed by atoms with E-state index in [9.17, 15) is 9.90 Å². The summed E-state index contributed by atoms with van der Waals surface area (Å²) in [6, 6.07) is 0. The van der Waals surface area contributed by atoms with E-state index in [0.29, 0.717) is 26.1 Å². The third-order valence-corrected chi connectivity index (χ3v) is 4.05. The van der Waals surface area contributed by atoms with Gasteiger partial charge < -0.3 is 14.6 Å². The SMILES string of the molecule is COC(=O)C(C)(C(C)C)C1(O)CCOCC1. The van der Waals surface area contributed by atoms with E-state index in [2.05, 4.69) is 0 Å². The Hall–Kier alpha value is -0.610. The lowest BCUT2D eigenvalue weighted by molar-refractivity contribution is -0.192. The lowest BCUT2D eigenvalue weighted by atomic mass is 9.63. The summed E-state index contributed by atoms with van der Waals surface area (Å²) in [4.78, 5) is 12.0. The number of hydrogen-bond acceptors (Lipinski definition) is 4. The molecule has 0 aromatic carbocycles. The van der Waals surface area contributed by atoms with Crippen molar-refractivity contribution in [1.82, 2.24) is 0 Å². The number of aliphatic hydroxyl groups is 1. The highest BCUT2D eigenvalue weighted by Crippen LogP contribution is 2.45. The molecule has 0 saturated carbocycles. The van der Waals surface area contributed by atoms with Crippen molar-refractivity contribution in [2.24, 2.45) is 11.3 Å². The minimum Gasteiger partial charge on any atom is -0.469 e. The summed E-state index contributed by atoms with van der Waals surface area (Å²) < 4.78 is 10.1. The van der Waals surface area contributed by atoms with E-state index in [1.807, 2.05) is 13.8 Å². The molecule has 16 heavy (non-hydrogen) atoms. The van der Waals surface area contributed by atoms with Gasteiger partial charge in [-0.05, 0) is 12.8 Å². The summed E-state index contributed by atoms with van der Waals surface area (Å²) in [5, 5.41) is 10.7. The van der Waals surface area contributed by atoms with Gasteiger partial charge in [-0.2, -0.15) is 0 Å². The summed E-state index contributed by atoms with van der Waals surface area (Å²) in [7, 11) is 1.37. The molecule has 1 fully saturated rings. The molecule has 0 bridgehead atoms. The fourth-order valence-electron chi connectivity index (χ4n) is 2.40. The van der Waals surface area contributed by atoms with Crippen molar-refractivity contribution in [2.75, 3.05) is 20.3 Å². The van der Waals surface area contributed by atoms with Gasteiger partial charge in [0.25, 0.3) is 0 Å². The first kappa shape index (κ1) is 13.5. The third kappa shape index (κ3) is 1.96. The summed E-state index contributed by atoms with van der Waals surface area (Å²) in [5.41, 5.74) is -1.89. The topological polar surface area (TPSA) is 55.8 Å². The Labute approximate surface area is 96.9 Å². The molecule has 4 nitrogen and oxygen atoms in total. The predicted molar refractivity (Wildman–Crippen MR) is 60.0 cm³/mol. The molecular weight excluding hydrogens is 208 g/mol. The zero-order valence-corrected chi connectivity index (χ0v) is 10.6. The van der Waals surface area contributed by atoms with Crippen LogP contribution in [-0.2, 0) is 14.3 Å². The van der Waals surface area contributed by atoms with Crippen LogP contribution in [0.4, 0.5) is 0 Å². The van der Waals surface area contributed by atoms with E-state index in [1.165, 1.54) is 7.11 Å². The Balaban J connectivity index is 3.04. The fraction of sp³-hybridized carbons (Fsp3) is 0.917. The van der Waals surface area contributed by atoms with Crippen molar-refractivity contribution >= 4 is 5.97 Å². The van der Waals surface area contributed by atoms with Crippen LogP contribution in [0.2, 0.25) is 0 Å². The van der Waals surface area contributed by atoms with Crippen molar-refractivity contribution in [3.63, 3.8) is 0 Å². The molecule has 0 radical (unpaired) electrons. The lowest BCUT2D eigenvalue weighted by Gasteiger charge is -2.47. The van der Waals surface area contributed by atoms with Crippen LogP contribution in [-0.4, -0.2) is 37.0 Å². The molecule has 1 saturated heterocycles. The molecule has 1 aliphatic rings. The molecule has 0 spiro atoms. The summed E-state index contributed by atoms with van der Waals surface area (Å²) in [5.74, 6) is -0.324. The summed E-state index contributed by atoms with van der Waals surface area (Å²) in [6.45, 7) is 6.65. The van der Waals surface area contributed by atoms with Gasteiger partial charge in [0.15, 0.2) is 0 Å². The number of carbonyl (C=O) groups is 1. The van der Waals surface area contributed by atoms with E-state index < -0.39 is 11.0 Å². The van der Waals surface area contributed by atoms with E-state index >= 15 is 0 Å². The number of rotatable bonds is 3. The van der Waals surface area contributed by atoms with Gasteiger partial charge in [-0.25, -0.2) is 0 Å². The van der Waals surface area contributed by atoms with Gasteiger partial charge in [0, 0.05) is 26.1 Å². The largest absolute Gasteiger partial charge is 0.469 e. The predicted octanol–water partition coefficient (Wildman–Crippen LogP) is 1.36. The molecule has 1 atom stereocenters. The van der Waals surface area contributed by atoms with Crippen LogP contribution in [0.15, 0.2) is 0 Å². The van der Waals surface area contributed by atoms with E-state index in [0.717, 1.165) is 0 Å². The highest BCUT2D eigenvalue weighted by atomic mass is 16.5. The summed E-state index contributed by atoms with van der Waals surface area (Å²) in [6.07, 6.45) is 0.966. The minimum absolute atomic E-state index is 0.0167. The van der Waals surface area contributed by atoms with Crippen LogP contribution in [0.1, 0.15) is 33.6 Å². The van der Waals surface area contributed by atoms with Crippen LogP contribution in [0.25, 0.3) is 0 Å². The van der Waals surface area contributed by atoms with Crippen molar-refractivity contribution in [1.29, 1.82) is 0 Å². The van der Waals surface area contributed by atoms with Crippen molar-refractivity contribution < 1.29 is 19.4 Å². The maximum atomic E-state index is 12.0. The van der Waals surface area contributed by atoms with Crippen molar-refractivity contribution in [3.8, 4) is 0 Å². The van der Waals surface area contributed by atoms with Gasteiger partial charge in [-0.15, -0.1) is 0 Å². The van der Waals surface area contributed by atoms with Gasteiger partial charge in [0.2, 0.25) is 0 Å². The molecule has 1 rings (SSSR count). The number of carbonyl (C=O) groups excluding carboxylic acids is 1. The van der Waals surface area contributed by atoms with Crippen molar-refractivity contribution in [3.05, 3.63) is 0 Å². The second kappa shape index (κ2) is 4.72. The molecule has 1 heterocycles. The van der Waals surface area contributed by atoms with Crippen LogP contribution in [0, 0.1) is 11.3 Å². The van der Waals surface area contributed by atoms with Gasteiger partial charge in [0.05, 0.1) is 18.1 Å². The first-order valence-corrected chi connectivity index (χ1v) is 5.77. The Morgan fingerprint density at radius 1 is 1.44 bits per heavy atom. The zero-order chi connectivity index (χ0) is 12.4. The highest BCUT2D eigenvalue weighted by Gasteiger charge is 2.55. The number of ether oxygens (including phenoxy) is 2. The lowest BCUT2D eigenvalue weighted by Crippen LogP contribution is -2.57. The molecule has 0 aliphatic carbocycles. The Bertz CT molecular complexity index is 256. The van der Waals surface area contributed by atoms with Gasteiger partial charge in [-0.3, -0.25) is 4.79 Å². The molecule has 4 heteroatoms. The third-order valence-electron chi connectivity index (χ3n) is 4.05. The van der Waals surface area contributed by atoms with Crippen LogP contribution in [0.3, 0.4) is 0 Å². The fourth-order valence-corrected chi connectivity index (χ4v) is 2.40. The molecule has 1 unspecified atom stereocenters. The molecule has 1 aliphatic heterocycles. The van der Waals surface area contributed by atoms with Crippen LogP contribution >= 0.6 is 0 Å². The Morgan fingerprint density at radius 3 is 2.31 bits per heavy atom. The first-order chi connectivity index (χ1) is 7.38. The number of esters is 1.